The minimum Gasteiger partial charge on any atom is -0.494 e. The zero-order valence-corrected chi connectivity index (χ0v) is 19.3. The molecule has 0 spiro atoms. The number of ether oxygens (including phenoxy) is 1. The van der Waals surface area contributed by atoms with Gasteiger partial charge >= 0.3 is 0 Å². The zero-order chi connectivity index (χ0) is 22.2. The first-order valence-corrected chi connectivity index (χ1v) is 12.1. The largest absolute Gasteiger partial charge is 0.494 e. The Kier molecular flexibility index (Phi) is 5.13. The molecule has 5 nitrogen and oxygen atoms in total. The minimum atomic E-state index is 0.648. The number of nitrogens with zero attached hydrogens (tertiary/aromatic N) is 2. The van der Waals surface area contributed by atoms with Gasteiger partial charge in [0.15, 0.2) is 9.43 Å². The highest BCUT2D eigenvalue weighted by Gasteiger charge is 2.10. The first kappa shape index (κ1) is 20.1. The third-order valence-electron chi connectivity index (χ3n) is 5.14. The molecule has 0 aliphatic heterocycles. The standard InChI is InChI=1S/C26H18N2O3S2/c1-2-29-17-8-11-21-24(14-17)32-26(28-21)33-25-12-9-18(30-25)15-27-16-7-10-20-19-5-3-4-6-22(19)31-23(20)13-16/h3-15H,2H2,1H3. The van der Waals surface area contributed by atoms with Crippen LogP contribution in [-0.2, 0) is 0 Å². The Bertz CT molecular complexity index is 1630. The molecule has 0 amide bonds. The lowest BCUT2D eigenvalue weighted by Gasteiger charge is -2.00. The van der Waals surface area contributed by atoms with Crippen molar-refractivity contribution in [3.8, 4) is 5.75 Å². The Labute approximate surface area is 197 Å². The van der Waals surface area contributed by atoms with Gasteiger partial charge in [-0.25, -0.2) is 4.98 Å². The highest BCUT2D eigenvalue weighted by atomic mass is 32.2. The first-order chi connectivity index (χ1) is 16.2. The number of aliphatic imine (C=N–C) groups is 1. The summed E-state index contributed by atoms with van der Waals surface area (Å²) in [6.45, 7) is 2.63. The van der Waals surface area contributed by atoms with Crippen molar-refractivity contribution in [2.24, 2.45) is 4.99 Å². The lowest BCUT2D eigenvalue weighted by molar-refractivity contribution is 0.341. The molecular weight excluding hydrogens is 452 g/mol. The zero-order valence-electron chi connectivity index (χ0n) is 17.6. The molecule has 0 aliphatic carbocycles. The Balaban J connectivity index is 1.19. The molecule has 3 heterocycles. The second-order valence-electron chi connectivity index (χ2n) is 7.34. The molecule has 6 aromatic rings. The molecule has 162 valence electrons. The van der Waals surface area contributed by atoms with Gasteiger partial charge in [0.1, 0.15) is 22.7 Å². The summed E-state index contributed by atoms with van der Waals surface area (Å²) in [4.78, 5) is 9.24. The molecule has 0 fully saturated rings. The van der Waals surface area contributed by atoms with E-state index in [4.69, 9.17) is 13.6 Å². The number of benzene rings is 3. The van der Waals surface area contributed by atoms with E-state index in [0.717, 1.165) is 53.0 Å². The molecule has 0 bridgehead atoms. The quantitative estimate of drug-likeness (QED) is 0.230. The van der Waals surface area contributed by atoms with E-state index in [1.54, 1.807) is 17.6 Å². The molecule has 3 aromatic heterocycles. The van der Waals surface area contributed by atoms with E-state index >= 15 is 0 Å². The molecule has 0 N–H and O–H groups in total. The Hall–Kier alpha value is -3.55. The topological polar surface area (TPSA) is 60.8 Å². The number of furan rings is 2. The second kappa shape index (κ2) is 8.42. The van der Waals surface area contributed by atoms with E-state index in [2.05, 4.69) is 16.0 Å². The van der Waals surface area contributed by atoms with Gasteiger partial charge in [0.2, 0.25) is 0 Å². The lowest BCUT2D eigenvalue weighted by atomic mass is 10.1. The molecule has 3 aromatic carbocycles. The Morgan fingerprint density at radius 3 is 2.82 bits per heavy atom. The van der Waals surface area contributed by atoms with Crippen molar-refractivity contribution < 1.29 is 13.6 Å². The number of thiazole rings is 1. The van der Waals surface area contributed by atoms with Crippen molar-refractivity contribution in [2.45, 2.75) is 16.4 Å². The third-order valence-corrected chi connectivity index (χ3v) is 7.14. The van der Waals surface area contributed by atoms with Crippen LogP contribution in [0.5, 0.6) is 5.75 Å². The van der Waals surface area contributed by atoms with Gasteiger partial charge in [-0.3, -0.25) is 4.99 Å². The summed E-state index contributed by atoms with van der Waals surface area (Å²) in [5.74, 6) is 1.55. The molecule has 6 rings (SSSR count). The lowest BCUT2D eigenvalue weighted by Crippen LogP contribution is -1.89. The SMILES string of the molecule is CCOc1ccc2nc(Sc3ccc(C=Nc4ccc5c(c4)oc4ccccc45)o3)sc2c1. The Morgan fingerprint density at radius 1 is 0.970 bits per heavy atom. The normalized spacial score (nSPS) is 11.9. The van der Waals surface area contributed by atoms with Crippen LogP contribution in [0.15, 0.2) is 96.1 Å². The fourth-order valence-corrected chi connectivity index (χ4v) is 5.66. The molecule has 0 atom stereocenters. The molecule has 0 saturated carbocycles. The number of para-hydroxylation sites is 1. The van der Waals surface area contributed by atoms with Crippen LogP contribution in [0.3, 0.4) is 0 Å². The highest BCUT2D eigenvalue weighted by molar-refractivity contribution is 8.01. The predicted octanol–water partition coefficient (Wildman–Crippen LogP) is 8.09. The van der Waals surface area contributed by atoms with Crippen LogP contribution in [0.2, 0.25) is 0 Å². The summed E-state index contributed by atoms with van der Waals surface area (Å²) < 4.78 is 19.5. The molecule has 0 radical (unpaired) electrons. The monoisotopic (exact) mass is 470 g/mol. The van der Waals surface area contributed by atoms with Gasteiger partial charge in [0.25, 0.3) is 0 Å². The summed E-state index contributed by atoms with van der Waals surface area (Å²) in [6.07, 6.45) is 1.72. The summed E-state index contributed by atoms with van der Waals surface area (Å²) in [7, 11) is 0. The molecule has 0 aliphatic rings. The van der Waals surface area contributed by atoms with Crippen molar-refractivity contribution >= 4 is 67.2 Å². The third kappa shape index (κ3) is 4.01. The van der Waals surface area contributed by atoms with Crippen LogP contribution in [0.25, 0.3) is 32.2 Å². The Morgan fingerprint density at radius 2 is 1.88 bits per heavy atom. The summed E-state index contributed by atoms with van der Waals surface area (Å²) >= 11 is 3.12. The number of fused-ring (bicyclic) bond motifs is 4. The van der Waals surface area contributed by atoms with Gasteiger partial charge < -0.3 is 13.6 Å². The predicted molar refractivity (Wildman–Crippen MR) is 135 cm³/mol. The van der Waals surface area contributed by atoms with Crippen LogP contribution in [0, 0.1) is 0 Å². The van der Waals surface area contributed by atoms with Crippen LogP contribution in [-0.4, -0.2) is 17.8 Å². The number of hydrogen-bond acceptors (Lipinski definition) is 7. The minimum absolute atomic E-state index is 0.648. The van der Waals surface area contributed by atoms with Crippen molar-refractivity contribution in [3.05, 3.63) is 78.6 Å². The number of rotatable bonds is 6. The van der Waals surface area contributed by atoms with E-state index < -0.39 is 0 Å². The van der Waals surface area contributed by atoms with Crippen molar-refractivity contribution in [1.29, 1.82) is 0 Å². The number of aromatic nitrogens is 1. The first-order valence-electron chi connectivity index (χ1n) is 10.5. The smallest absolute Gasteiger partial charge is 0.168 e. The second-order valence-corrected chi connectivity index (χ2v) is 9.62. The molecular formula is C26H18N2O3S2. The molecule has 0 saturated heterocycles. The summed E-state index contributed by atoms with van der Waals surface area (Å²) in [5.41, 5.74) is 3.47. The molecule has 33 heavy (non-hydrogen) atoms. The molecule has 0 unspecified atom stereocenters. The number of hydrogen-bond donors (Lipinski definition) is 0. The summed E-state index contributed by atoms with van der Waals surface area (Å²) in [6, 6.07) is 23.8. The maximum atomic E-state index is 5.95. The van der Waals surface area contributed by atoms with E-state index in [0.29, 0.717) is 12.4 Å². The van der Waals surface area contributed by atoms with Crippen LogP contribution in [0.1, 0.15) is 12.7 Å². The van der Waals surface area contributed by atoms with Crippen LogP contribution in [0.4, 0.5) is 5.69 Å². The van der Waals surface area contributed by atoms with Crippen molar-refractivity contribution in [2.75, 3.05) is 6.61 Å². The fourth-order valence-electron chi connectivity index (χ4n) is 3.66. The van der Waals surface area contributed by atoms with Gasteiger partial charge in [0.05, 0.1) is 28.7 Å². The van der Waals surface area contributed by atoms with Gasteiger partial charge in [-0.1, -0.05) is 18.2 Å². The summed E-state index contributed by atoms with van der Waals surface area (Å²) in [5, 5.41) is 2.97. The van der Waals surface area contributed by atoms with E-state index in [1.165, 1.54) is 11.8 Å². The van der Waals surface area contributed by atoms with Gasteiger partial charge in [-0.05, 0) is 67.2 Å². The maximum Gasteiger partial charge on any atom is 0.168 e. The van der Waals surface area contributed by atoms with Gasteiger partial charge in [0, 0.05) is 16.8 Å². The van der Waals surface area contributed by atoms with E-state index in [-0.39, 0.29) is 0 Å². The van der Waals surface area contributed by atoms with E-state index in [1.807, 2.05) is 73.7 Å². The average molecular weight is 471 g/mol. The molecule has 7 heteroatoms. The highest BCUT2D eigenvalue weighted by Crippen LogP contribution is 2.36. The van der Waals surface area contributed by atoms with Crippen molar-refractivity contribution in [3.63, 3.8) is 0 Å². The van der Waals surface area contributed by atoms with E-state index in [9.17, 15) is 0 Å². The average Bonchev–Trinajstić information content (AvgIpc) is 3.53. The fraction of sp³-hybridized carbons (Fsp3) is 0.0769. The van der Waals surface area contributed by atoms with Gasteiger partial charge in [-0.15, -0.1) is 11.3 Å². The van der Waals surface area contributed by atoms with Gasteiger partial charge in [-0.2, -0.15) is 0 Å². The van der Waals surface area contributed by atoms with Crippen molar-refractivity contribution in [1.82, 2.24) is 4.98 Å². The van der Waals surface area contributed by atoms with Crippen LogP contribution >= 0.6 is 23.1 Å². The maximum absolute atomic E-state index is 5.95. The van der Waals surface area contributed by atoms with Crippen LogP contribution < -0.4 is 4.74 Å².